The maximum atomic E-state index is 14.2. The Labute approximate surface area is 90.0 Å². The Morgan fingerprint density at radius 1 is 1.40 bits per heavy atom. The predicted molar refractivity (Wildman–Crippen MR) is 56.3 cm³/mol. The number of nitrogens with zero attached hydrogens (tertiary/aromatic N) is 1. The summed E-state index contributed by atoms with van der Waals surface area (Å²) in [6.45, 7) is 6.44. The van der Waals surface area contributed by atoms with Gasteiger partial charge in [0.15, 0.2) is 0 Å². The van der Waals surface area contributed by atoms with Crippen LogP contribution in [0.5, 0.6) is 0 Å². The highest BCUT2D eigenvalue weighted by Gasteiger charge is 2.46. The second-order valence-electron chi connectivity index (χ2n) is 5.53. The van der Waals surface area contributed by atoms with Gasteiger partial charge in [0, 0.05) is 26.1 Å². The van der Waals surface area contributed by atoms with Crippen molar-refractivity contribution >= 4 is 5.91 Å². The van der Waals surface area contributed by atoms with E-state index in [1.165, 1.54) is 0 Å². The summed E-state index contributed by atoms with van der Waals surface area (Å²) in [5, 5.41) is 2.92. The number of carbonyl (C=O) groups excluding carboxylic acids is 1. The monoisotopic (exact) mass is 214 g/mol. The molecule has 0 saturated carbocycles. The molecular formula is C11H19FN2O. The van der Waals surface area contributed by atoms with E-state index >= 15 is 0 Å². The van der Waals surface area contributed by atoms with Gasteiger partial charge < -0.3 is 10.2 Å². The summed E-state index contributed by atoms with van der Waals surface area (Å²) in [5.41, 5.74) is -1.49. The van der Waals surface area contributed by atoms with Crippen LogP contribution in [-0.2, 0) is 4.79 Å². The summed E-state index contributed by atoms with van der Waals surface area (Å²) in [7, 11) is 0. The van der Waals surface area contributed by atoms with Crippen LogP contribution in [0.3, 0.4) is 0 Å². The third-order valence-corrected chi connectivity index (χ3v) is 3.45. The molecule has 86 valence electrons. The van der Waals surface area contributed by atoms with Gasteiger partial charge in [0.1, 0.15) is 0 Å². The van der Waals surface area contributed by atoms with Gasteiger partial charge in [0.25, 0.3) is 5.91 Å². The van der Waals surface area contributed by atoms with E-state index in [-0.39, 0.29) is 17.9 Å². The molecule has 2 heterocycles. The Kier molecular flexibility index (Phi) is 2.49. The lowest BCUT2D eigenvalue weighted by molar-refractivity contribution is -0.142. The maximum Gasteiger partial charge on any atom is 0.261 e. The van der Waals surface area contributed by atoms with E-state index in [4.69, 9.17) is 0 Å². The van der Waals surface area contributed by atoms with Gasteiger partial charge in [-0.3, -0.25) is 4.79 Å². The number of likely N-dealkylation sites (tertiary alicyclic amines) is 1. The fourth-order valence-electron chi connectivity index (χ4n) is 2.41. The summed E-state index contributed by atoms with van der Waals surface area (Å²) in [6.07, 6.45) is 1.30. The third kappa shape index (κ3) is 2.00. The number of amides is 1. The first-order chi connectivity index (χ1) is 6.93. The first kappa shape index (κ1) is 10.9. The zero-order chi connectivity index (χ0) is 11.1. The molecule has 4 heteroatoms. The molecule has 2 aliphatic rings. The molecule has 0 spiro atoms. The lowest BCUT2D eigenvalue weighted by Gasteiger charge is -2.26. The quantitative estimate of drug-likeness (QED) is 0.704. The number of hydrogen-bond acceptors (Lipinski definition) is 2. The molecule has 1 amide bonds. The van der Waals surface area contributed by atoms with E-state index in [0.29, 0.717) is 26.1 Å². The van der Waals surface area contributed by atoms with Crippen molar-refractivity contribution < 1.29 is 9.18 Å². The van der Waals surface area contributed by atoms with E-state index in [1.807, 2.05) is 0 Å². The summed E-state index contributed by atoms with van der Waals surface area (Å²) in [5.74, 6) is -0.307. The molecule has 0 aromatic carbocycles. The molecular weight excluding hydrogens is 195 g/mol. The zero-order valence-corrected chi connectivity index (χ0v) is 9.48. The van der Waals surface area contributed by atoms with Gasteiger partial charge in [0.05, 0.1) is 0 Å². The smallest absolute Gasteiger partial charge is 0.261 e. The van der Waals surface area contributed by atoms with Crippen LogP contribution in [0.15, 0.2) is 0 Å². The summed E-state index contributed by atoms with van der Waals surface area (Å²) < 4.78 is 14.2. The molecule has 15 heavy (non-hydrogen) atoms. The first-order valence-corrected chi connectivity index (χ1v) is 5.62. The molecule has 0 aromatic rings. The number of hydrogen-bond donors (Lipinski definition) is 1. The van der Waals surface area contributed by atoms with E-state index in [2.05, 4.69) is 19.2 Å². The highest BCUT2D eigenvalue weighted by Crippen LogP contribution is 2.32. The van der Waals surface area contributed by atoms with Gasteiger partial charge in [-0.05, 0) is 18.4 Å². The van der Waals surface area contributed by atoms with Crippen molar-refractivity contribution in [3.8, 4) is 0 Å². The minimum Gasteiger partial charge on any atom is -0.339 e. The molecule has 2 rings (SSSR count). The Bertz CT molecular complexity index is 272. The standard InChI is InChI=1S/C11H19FN2O/c1-10(2)4-6-14(8-10)9(15)11(12)3-5-13-7-11/h13H,3-8H2,1-2H3/t11-/m1/s1. The van der Waals surface area contributed by atoms with Crippen LogP contribution in [0.25, 0.3) is 0 Å². The SMILES string of the molecule is CC1(C)CCN(C(=O)[C@@]2(F)CCNC2)C1. The minimum atomic E-state index is -1.64. The summed E-state index contributed by atoms with van der Waals surface area (Å²) >= 11 is 0. The van der Waals surface area contributed by atoms with Crippen LogP contribution < -0.4 is 5.32 Å². The highest BCUT2D eigenvalue weighted by atomic mass is 19.1. The lowest BCUT2D eigenvalue weighted by Crippen LogP contribution is -2.46. The van der Waals surface area contributed by atoms with Crippen molar-refractivity contribution in [2.75, 3.05) is 26.2 Å². The number of alkyl halides is 1. The van der Waals surface area contributed by atoms with Gasteiger partial charge in [-0.1, -0.05) is 13.8 Å². The van der Waals surface area contributed by atoms with E-state index in [0.717, 1.165) is 6.42 Å². The van der Waals surface area contributed by atoms with Crippen molar-refractivity contribution in [1.29, 1.82) is 0 Å². The lowest BCUT2D eigenvalue weighted by atomic mass is 9.93. The first-order valence-electron chi connectivity index (χ1n) is 5.62. The van der Waals surface area contributed by atoms with Gasteiger partial charge in [-0.15, -0.1) is 0 Å². The van der Waals surface area contributed by atoms with Crippen molar-refractivity contribution in [3.05, 3.63) is 0 Å². The minimum absolute atomic E-state index is 0.151. The molecule has 0 radical (unpaired) electrons. The van der Waals surface area contributed by atoms with Crippen LogP contribution in [0.2, 0.25) is 0 Å². The van der Waals surface area contributed by atoms with Crippen LogP contribution in [0.4, 0.5) is 4.39 Å². The van der Waals surface area contributed by atoms with Gasteiger partial charge >= 0.3 is 0 Å². The Hall–Kier alpha value is -0.640. The molecule has 2 aliphatic heterocycles. The van der Waals surface area contributed by atoms with Gasteiger partial charge in [-0.2, -0.15) is 0 Å². The highest BCUT2D eigenvalue weighted by molar-refractivity contribution is 5.86. The Morgan fingerprint density at radius 2 is 2.13 bits per heavy atom. The maximum absolute atomic E-state index is 14.2. The number of halogens is 1. The molecule has 2 fully saturated rings. The van der Waals surface area contributed by atoms with Crippen molar-refractivity contribution in [2.45, 2.75) is 32.4 Å². The van der Waals surface area contributed by atoms with E-state index < -0.39 is 5.67 Å². The van der Waals surface area contributed by atoms with Crippen molar-refractivity contribution in [3.63, 3.8) is 0 Å². The topological polar surface area (TPSA) is 32.3 Å². The number of carbonyl (C=O) groups is 1. The fraction of sp³-hybridized carbons (Fsp3) is 0.909. The average molecular weight is 214 g/mol. The average Bonchev–Trinajstić information content (AvgIpc) is 2.72. The fourth-order valence-corrected chi connectivity index (χ4v) is 2.41. The molecule has 1 N–H and O–H groups in total. The number of rotatable bonds is 1. The second-order valence-corrected chi connectivity index (χ2v) is 5.53. The summed E-state index contributed by atoms with van der Waals surface area (Å²) in [6, 6.07) is 0. The third-order valence-electron chi connectivity index (χ3n) is 3.45. The van der Waals surface area contributed by atoms with Crippen LogP contribution >= 0.6 is 0 Å². The molecule has 1 atom stereocenters. The van der Waals surface area contributed by atoms with E-state index in [1.54, 1.807) is 4.90 Å². The van der Waals surface area contributed by atoms with E-state index in [9.17, 15) is 9.18 Å². The molecule has 3 nitrogen and oxygen atoms in total. The van der Waals surface area contributed by atoms with Gasteiger partial charge in [0.2, 0.25) is 5.67 Å². The van der Waals surface area contributed by atoms with Crippen molar-refractivity contribution in [2.24, 2.45) is 5.41 Å². The van der Waals surface area contributed by atoms with Crippen LogP contribution in [0.1, 0.15) is 26.7 Å². The van der Waals surface area contributed by atoms with Crippen LogP contribution in [-0.4, -0.2) is 42.7 Å². The molecule has 0 unspecified atom stereocenters. The molecule has 0 aliphatic carbocycles. The molecule has 0 bridgehead atoms. The molecule has 0 aromatic heterocycles. The molecule has 2 saturated heterocycles. The number of nitrogens with one attached hydrogen (secondary N) is 1. The second kappa shape index (κ2) is 3.44. The Balaban J connectivity index is 2.03. The predicted octanol–water partition coefficient (Wildman–Crippen LogP) is 0.946. The largest absolute Gasteiger partial charge is 0.339 e. The van der Waals surface area contributed by atoms with Crippen molar-refractivity contribution in [1.82, 2.24) is 10.2 Å². The van der Waals surface area contributed by atoms with Gasteiger partial charge in [-0.25, -0.2) is 4.39 Å². The summed E-state index contributed by atoms with van der Waals surface area (Å²) in [4.78, 5) is 13.7. The normalized spacial score (nSPS) is 34.7. The zero-order valence-electron chi connectivity index (χ0n) is 9.48. The van der Waals surface area contributed by atoms with Crippen LogP contribution in [0, 0.1) is 5.41 Å². The Morgan fingerprint density at radius 3 is 2.60 bits per heavy atom.